The van der Waals surface area contributed by atoms with E-state index < -0.39 is 17.4 Å². The highest BCUT2D eigenvalue weighted by Gasteiger charge is 2.39. The molecule has 3 aromatic heterocycles. The standard InChI is InChI=1S/C23H30F2N8O2S2/c1-14(30(3)4)22(34)32-9-7-31(8-10-32)16-11-15(37(35)29-23(2)5-6-23)13-33-17(16)12-26-19(33)21-28-27-20(36-21)18(24)25/h11-14,18,29H,5-10H2,1-4H3. The van der Waals surface area contributed by atoms with E-state index in [1.807, 2.05) is 43.8 Å². The lowest BCUT2D eigenvalue weighted by molar-refractivity contribution is -0.135. The van der Waals surface area contributed by atoms with Crippen molar-refractivity contribution in [2.24, 2.45) is 0 Å². The molecule has 1 aliphatic carbocycles. The van der Waals surface area contributed by atoms with Gasteiger partial charge in [-0.1, -0.05) is 11.3 Å². The highest BCUT2D eigenvalue weighted by molar-refractivity contribution is 7.83. The summed E-state index contributed by atoms with van der Waals surface area (Å²) in [6.45, 7) is 6.23. The number of likely N-dealkylation sites (N-methyl/N-ethyl adjacent to an activating group) is 1. The van der Waals surface area contributed by atoms with Crippen molar-refractivity contribution in [2.75, 3.05) is 45.2 Å². The fourth-order valence-corrected chi connectivity index (χ4v) is 6.09. The first-order chi connectivity index (χ1) is 17.6. The van der Waals surface area contributed by atoms with Crippen molar-refractivity contribution in [2.45, 2.75) is 49.6 Å². The molecule has 1 saturated heterocycles. The van der Waals surface area contributed by atoms with Crippen LogP contribution in [-0.4, -0.2) is 91.4 Å². The largest absolute Gasteiger partial charge is 0.366 e. The Morgan fingerprint density at radius 3 is 2.51 bits per heavy atom. The van der Waals surface area contributed by atoms with Gasteiger partial charge >= 0.3 is 0 Å². The molecule has 4 heterocycles. The van der Waals surface area contributed by atoms with Gasteiger partial charge in [0.2, 0.25) is 5.91 Å². The number of carbonyl (C=O) groups excluding carboxylic acids is 1. The molecule has 2 atom stereocenters. The summed E-state index contributed by atoms with van der Waals surface area (Å²) >= 11 is 0.789. The lowest BCUT2D eigenvalue weighted by atomic mass is 10.2. The predicted octanol–water partition coefficient (Wildman–Crippen LogP) is 2.55. The van der Waals surface area contributed by atoms with Crippen molar-refractivity contribution in [3.8, 4) is 10.8 Å². The number of nitrogens with zero attached hydrogens (tertiary/aromatic N) is 7. The van der Waals surface area contributed by atoms with E-state index in [0.717, 1.165) is 35.4 Å². The van der Waals surface area contributed by atoms with Crippen LogP contribution < -0.4 is 9.62 Å². The van der Waals surface area contributed by atoms with Crippen molar-refractivity contribution >= 4 is 39.4 Å². The zero-order chi connectivity index (χ0) is 26.5. The molecule has 0 spiro atoms. The van der Waals surface area contributed by atoms with Crippen LogP contribution in [0.15, 0.2) is 23.4 Å². The van der Waals surface area contributed by atoms with Crippen LogP contribution in [0, 0.1) is 0 Å². The van der Waals surface area contributed by atoms with Gasteiger partial charge in [-0.15, -0.1) is 10.2 Å². The lowest BCUT2D eigenvalue weighted by Gasteiger charge is -2.38. The molecule has 10 nitrogen and oxygen atoms in total. The highest BCUT2D eigenvalue weighted by Crippen LogP contribution is 2.37. The normalized spacial score (nSPS) is 19.1. The third-order valence-corrected chi connectivity index (χ3v) is 9.29. The molecule has 2 fully saturated rings. The van der Waals surface area contributed by atoms with Crippen molar-refractivity contribution in [1.82, 2.24) is 34.1 Å². The number of amides is 1. The van der Waals surface area contributed by atoms with Crippen LogP contribution in [0.25, 0.3) is 16.3 Å². The second kappa shape index (κ2) is 9.97. The van der Waals surface area contributed by atoms with E-state index >= 15 is 0 Å². The molecule has 37 heavy (non-hydrogen) atoms. The van der Waals surface area contributed by atoms with Crippen molar-refractivity contribution in [3.63, 3.8) is 0 Å². The Balaban J connectivity index is 1.49. The molecule has 3 aromatic rings. The quantitative estimate of drug-likeness (QED) is 0.459. The first-order valence-corrected chi connectivity index (χ1v) is 14.1. The number of alkyl halides is 2. The number of rotatable bonds is 8. The van der Waals surface area contributed by atoms with Crippen LogP contribution in [0.5, 0.6) is 0 Å². The number of piperazine rings is 1. The average Bonchev–Trinajstić information content (AvgIpc) is 3.25. The van der Waals surface area contributed by atoms with Crippen LogP contribution in [0.2, 0.25) is 0 Å². The number of nitrogens with one attached hydrogen (secondary N) is 1. The summed E-state index contributed by atoms with van der Waals surface area (Å²) in [5.41, 5.74) is 1.40. The van der Waals surface area contributed by atoms with Gasteiger partial charge in [-0.2, -0.15) is 0 Å². The number of halogens is 2. The first kappa shape index (κ1) is 26.1. The maximum atomic E-state index is 13.3. The molecule has 200 valence electrons. The van der Waals surface area contributed by atoms with Gasteiger partial charge in [0.05, 0.1) is 28.3 Å². The molecule has 0 aromatic carbocycles. The molecule has 1 saturated carbocycles. The number of fused-ring (bicyclic) bond motifs is 1. The zero-order valence-corrected chi connectivity index (χ0v) is 22.8. The number of hydrogen-bond donors (Lipinski definition) is 1. The topological polar surface area (TPSA) is 99.0 Å². The second-order valence-electron chi connectivity index (χ2n) is 10.0. The SMILES string of the molecule is CC(C(=O)N1CCN(c2cc(S(=O)NC3(C)CC3)cn3c(-c4nnc(C(F)F)s4)ncc23)CC1)N(C)C. The van der Waals surface area contributed by atoms with Crippen LogP contribution in [0.3, 0.4) is 0 Å². The van der Waals surface area contributed by atoms with E-state index in [0.29, 0.717) is 36.9 Å². The van der Waals surface area contributed by atoms with Gasteiger partial charge in [-0.05, 0) is 46.9 Å². The van der Waals surface area contributed by atoms with Crippen LogP contribution in [0.1, 0.15) is 38.1 Å². The van der Waals surface area contributed by atoms with Gasteiger partial charge in [0.1, 0.15) is 11.0 Å². The van der Waals surface area contributed by atoms with Gasteiger partial charge in [-0.3, -0.25) is 14.1 Å². The van der Waals surface area contributed by atoms with Gasteiger partial charge in [0.25, 0.3) is 6.43 Å². The summed E-state index contributed by atoms with van der Waals surface area (Å²) in [4.78, 5) is 23.8. The maximum Gasteiger partial charge on any atom is 0.291 e. The van der Waals surface area contributed by atoms with Crippen LogP contribution in [0.4, 0.5) is 14.5 Å². The molecule has 2 aliphatic rings. The molecule has 5 rings (SSSR count). The van der Waals surface area contributed by atoms with Crippen molar-refractivity contribution in [1.29, 1.82) is 0 Å². The Morgan fingerprint density at radius 2 is 1.92 bits per heavy atom. The number of pyridine rings is 1. The monoisotopic (exact) mass is 552 g/mol. The number of carbonyl (C=O) groups is 1. The van der Waals surface area contributed by atoms with E-state index in [4.69, 9.17) is 0 Å². The Morgan fingerprint density at radius 1 is 1.22 bits per heavy atom. The maximum absolute atomic E-state index is 13.3. The Labute approximate surface area is 220 Å². The summed E-state index contributed by atoms with van der Waals surface area (Å²) in [6.07, 6.45) is 2.58. The fourth-order valence-electron chi connectivity index (χ4n) is 4.21. The summed E-state index contributed by atoms with van der Waals surface area (Å²) in [7, 11) is 2.29. The first-order valence-electron chi connectivity index (χ1n) is 12.1. The summed E-state index contributed by atoms with van der Waals surface area (Å²) < 4.78 is 44.5. The number of imidazole rings is 1. The van der Waals surface area contributed by atoms with E-state index in [1.165, 1.54) is 0 Å². The minimum absolute atomic E-state index is 0.0873. The van der Waals surface area contributed by atoms with E-state index in [2.05, 4.69) is 24.8 Å². The minimum Gasteiger partial charge on any atom is -0.366 e. The lowest BCUT2D eigenvalue weighted by Crippen LogP contribution is -2.53. The second-order valence-corrected chi connectivity index (χ2v) is 12.2. The molecular formula is C23H30F2N8O2S2. The summed E-state index contributed by atoms with van der Waals surface area (Å²) in [5.74, 6) is 0.454. The molecule has 0 radical (unpaired) electrons. The fraction of sp³-hybridized carbons (Fsp3) is 0.565. The van der Waals surface area contributed by atoms with Gasteiger partial charge in [0.15, 0.2) is 15.8 Å². The number of hydrogen-bond acceptors (Lipinski definition) is 8. The Bertz CT molecular complexity index is 1330. The molecule has 1 amide bonds. The van der Waals surface area contributed by atoms with Crippen LogP contribution in [-0.2, 0) is 15.8 Å². The molecule has 14 heteroatoms. The van der Waals surface area contributed by atoms with E-state index in [1.54, 1.807) is 16.8 Å². The van der Waals surface area contributed by atoms with Gasteiger partial charge in [0, 0.05) is 37.9 Å². The van der Waals surface area contributed by atoms with E-state index in [-0.39, 0.29) is 27.5 Å². The zero-order valence-electron chi connectivity index (χ0n) is 21.1. The Hall–Kier alpha value is -2.55. The molecule has 1 N–H and O–H groups in total. The molecule has 2 unspecified atom stereocenters. The molecule has 1 aliphatic heterocycles. The third-order valence-electron chi connectivity index (χ3n) is 7.03. The van der Waals surface area contributed by atoms with Crippen molar-refractivity contribution in [3.05, 3.63) is 23.5 Å². The number of anilines is 1. The summed E-state index contributed by atoms with van der Waals surface area (Å²) in [5, 5.41) is 7.42. The Kier molecular flexibility index (Phi) is 7.02. The predicted molar refractivity (Wildman–Crippen MR) is 138 cm³/mol. The van der Waals surface area contributed by atoms with Crippen LogP contribution >= 0.6 is 11.3 Å². The van der Waals surface area contributed by atoms with Gasteiger partial charge in [-0.25, -0.2) is 22.7 Å². The molecular weight excluding hydrogens is 522 g/mol. The molecule has 0 bridgehead atoms. The summed E-state index contributed by atoms with van der Waals surface area (Å²) in [6, 6.07) is 1.68. The van der Waals surface area contributed by atoms with Crippen molar-refractivity contribution < 1.29 is 17.8 Å². The highest BCUT2D eigenvalue weighted by atomic mass is 32.2. The smallest absolute Gasteiger partial charge is 0.291 e. The average molecular weight is 553 g/mol. The van der Waals surface area contributed by atoms with E-state index in [9.17, 15) is 17.8 Å². The van der Waals surface area contributed by atoms with Gasteiger partial charge < -0.3 is 9.80 Å². The minimum atomic E-state index is -2.71. The third kappa shape index (κ3) is 5.24. The number of aromatic nitrogens is 4.